The van der Waals surface area contributed by atoms with Gasteiger partial charge in [-0.1, -0.05) is 23.8 Å². The van der Waals surface area contributed by atoms with E-state index >= 15 is 0 Å². The smallest absolute Gasteiger partial charge is 0.193 e. The number of aromatic nitrogens is 2. The molecule has 0 fully saturated rings. The fourth-order valence-corrected chi connectivity index (χ4v) is 2.20. The number of pyridine rings is 1. The van der Waals surface area contributed by atoms with E-state index in [2.05, 4.69) is 4.98 Å². The summed E-state index contributed by atoms with van der Waals surface area (Å²) in [7, 11) is 3.51. The van der Waals surface area contributed by atoms with E-state index in [-0.39, 0.29) is 0 Å². The lowest BCUT2D eigenvalue weighted by Gasteiger charge is -2.08. The van der Waals surface area contributed by atoms with Gasteiger partial charge in [0.25, 0.3) is 0 Å². The molecule has 0 radical (unpaired) electrons. The lowest BCUT2D eigenvalue weighted by Crippen LogP contribution is -2.05. The molecule has 5 heteroatoms. The maximum absolute atomic E-state index is 5.92. The van der Waals surface area contributed by atoms with Crippen molar-refractivity contribution >= 4 is 28.1 Å². The average molecular weight is 278 g/mol. The Morgan fingerprint density at radius 2 is 2.21 bits per heavy atom. The minimum Gasteiger partial charge on any atom is -0.482 e. The molecule has 0 aliphatic heterocycles. The Hall–Kier alpha value is -1.94. The van der Waals surface area contributed by atoms with E-state index in [1.807, 2.05) is 42.8 Å². The largest absolute Gasteiger partial charge is 0.482 e. The van der Waals surface area contributed by atoms with Gasteiger partial charge in [0.15, 0.2) is 5.88 Å². The number of hydrogen-bond donors (Lipinski definition) is 1. The standard InChI is InChI=1S/C14H16ClN3O/c1-4-5-10(14(16)19-3)11-6-9-7-13(15)17-8-12(9)18(11)2/h4-8H,16H2,1-3H3/b5-4-,14-10-. The summed E-state index contributed by atoms with van der Waals surface area (Å²) in [6.07, 6.45) is 5.59. The Bertz CT molecular complexity index is 671. The SMILES string of the molecule is C/C=C\C(=C(/N)OC)c1cc2cc(Cl)ncc2n1C. The van der Waals surface area contributed by atoms with Gasteiger partial charge in [0.05, 0.1) is 30.1 Å². The number of halogens is 1. The van der Waals surface area contributed by atoms with Crippen LogP contribution in [0.25, 0.3) is 16.5 Å². The molecule has 100 valence electrons. The summed E-state index contributed by atoms with van der Waals surface area (Å²) >= 11 is 5.92. The number of rotatable bonds is 3. The molecule has 0 saturated carbocycles. The molecule has 2 aromatic rings. The molecule has 2 aromatic heterocycles. The fraction of sp³-hybridized carbons (Fsp3) is 0.214. The van der Waals surface area contributed by atoms with Crippen molar-refractivity contribution in [2.45, 2.75) is 6.92 Å². The van der Waals surface area contributed by atoms with Gasteiger partial charge in [-0.05, 0) is 19.1 Å². The maximum atomic E-state index is 5.92. The Kier molecular flexibility index (Phi) is 3.81. The van der Waals surface area contributed by atoms with Crippen LogP contribution in [0.5, 0.6) is 0 Å². The van der Waals surface area contributed by atoms with Crippen LogP contribution in [-0.4, -0.2) is 16.7 Å². The van der Waals surface area contributed by atoms with E-state index in [0.717, 1.165) is 22.2 Å². The molecular formula is C14H16ClN3O. The Labute approximate surface area is 117 Å². The maximum Gasteiger partial charge on any atom is 0.193 e. The second-order valence-corrected chi connectivity index (χ2v) is 4.52. The molecular weight excluding hydrogens is 262 g/mol. The highest BCUT2D eigenvalue weighted by Gasteiger charge is 2.12. The summed E-state index contributed by atoms with van der Waals surface area (Å²) in [6.45, 7) is 1.93. The van der Waals surface area contributed by atoms with Gasteiger partial charge >= 0.3 is 0 Å². The number of nitrogens with zero attached hydrogens (tertiary/aromatic N) is 2. The topological polar surface area (TPSA) is 53.1 Å². The summed E-state index contributed by atoms with van der Waals surface area (Å²) in [4.78, 5) is 4.10. The number of allylic oxidation sites excluding steroid dienone is 3. The summed E-state index contributed by atoms with van der Waals surface area (Å²) in [6, 6.07) is 3.85. The molecule has 0 spiro atoms. The lowest BCUT2D eigenvalue weighted by molar-refractivity contribution is 0.290. The monoisotopic (exact) mass is 277 g/mol. The van der Waals surface area contributed by atoms with E-state index in [1.54, 1.807) is 13.3 Å². The van der Waals surface area contributed by atoms with Crippen molar-refractivity contribution < 1.29 is 4.74 Å². The number of hydrogen-bond acceptors (Lipinski definition) is 3. The van der Waals surface area contributed by atoms with Crippen LogP contribution in [0.15, 0.2) is 36.4 Å². The number of fused-ring (bicyclic) bond motifs is 1. The molecule has 4 nitrogen and oxygen atoms in total. The molecule has 19 heavy (non-hydrogen) atoms. The summed E-state index contributed by atoms with van der Waals surface area (Å²) in [5.41, 5.74) is 8.69. The van der Waals surface area contributed by atoms with Gasteiger partial charge in [-0.15, -0.1) is 0 Å². The van der Waals surface area contributed by atoms with Gasteiger partial charge in [-0.3, -0.25) is 0 Å². The van der Waals surface area contributed by atoms with Crippen LogP contribution in [0.3, 0.4) is 0 Å². The highest BCUT2D eigenvalue weighted by molar-refractivity contribution is 6.30. The highest BCUT2D eigenvalue weighted by Crippen LogP contribution is 2.27. The van der Waals surface area contributed by atoms with Crippen LogP contribution in [-0.2, 0) is 11.8 Å². The van der Waals surface area contributed by atoms with Crippen LogP contribution >= 0.6 is 11.6 Å². The number of nitrogens with two attached hydrogens (primary N) is 1. The second kappa shape index (κ2) is 5.36. The predicted molar refractivity (Wildman–Crippen MR) is 78.7 cm³/mol. The molecule has 0 aliphatic rings. The van der Waals surface area contributed by atoms with Crippen LogP contribution < -0.4 is 5.73 Å². The van der Waals surface area contributed by atoms with Crippen LogP contribution in [0.2, 0.25) is 5.15 Å². The van der Waals surface area contributed by atoms with Crippen LogP contribution in [0.1, 0.15) is 12.6 Å². The van der Waals surface area contributed by atoms with Crippen molar-refractivity contribution in [2.24, 2.45) is 12.8 Å². The highest BCUT2D eigenvalue weighted by atomic mass is 35.5. The first-order valence-corrected chi connectivity index (χ1v) is 6.24. The van der Waals surface area contributed by atoms with Crippen LogP contribution in [0.4, 0.5) is 0 Å². The van der Waals surface area contributed by atoms with Crippen molar-refractivity contribution in [3.05, 3.63) is 47.2 Å². The molecule has 0 atom stereocenters. The third kappa shape index (κ3) is 2.44. The van der Waals surface area contributed by atoms with Gasteiger partial charge < -0.3 is 15.0 Å². The first-order chi connectivity index (χ1) is 9.08. The van der Waals surface area contributed by atoms with E-state index < -0.39 is 0 Å². The molecule has 0 saturated heterocycles. The average Bonchev–Trinajstić information content (AvgIpc) is 2.71. The van der Waals surface area contributed by atoms with E-state index in [1.165, 1.54) is 0 Å². The molecule has 0 aromatic carbocycles. The number of methoxy groups -OCH3 is 1. The lowest BCUT2D eigenvalue weighted by atomic mass is 10.1. The third-order valence-corrected chi connectivity index (χ3v) is 3.20. The van der Waals surface area contributed by atoms with E-state index in [9.17, 15) is 0 Å². The summed E-state index contributed by atoms with van der Waals surface area (Å²) < 4.78 is 7.16. The molecule has 0 unspecified atom stereocenters. The van der Waals surface area contributed by atoms with Crippen molar-refractivity contribution in [3.8, 4) is 0 Å². The van der Waals surface area contributed by atoms with Gasteiger partial charge in [0, 0.05) is 12.4 Å². The Morgan fingerprint density at radius 1 is 1.47 bits per heavy atom. The molecule has 2 heterocycles. The predicted octanol–water partition coefficient (Wildman–Crippen LogP) is 3.08. The first kappa shape index (κ1) is 13.5. The Morgan fingerprint density at radius 3 is 2.84 bits per heavy atom. The quantitative estimate of drug-likeness (QED) is 0.533. The summed E-state index contributed by atoms with van der Waals surface area (Å²) in [5.74, 6) is 0.378. The number of ether oxygens (including phenoxy) is 1. The van der Waals surface area contributed by atoms with Crippen molar-refractivity contribution in [1.82, 2.24) is 9.55 Å². The fourth-order valence-electron chi connectivity index (χ4n) is 2.04. The van der Waals surface area contributed by atoms with E-state index in [4.69, 9.17) is 22.1 Å². The molecule has 0 bridgehead atoms. The zero-order valence-corrected chi connectivity index (χ0v) is 11.9. The van der Waals surface area contributed by atoms with Gasteiger partial charge in [0.1, 0.15) is 5.15 Å². The molecule has 0 aliphatic carbocycles. The Balaban J connectivity index is 2.71. The zero-order chi connectivity index (χ0) is 14.0. The third-order valence-electron chi connectivity index (χ3n) is 2.99. The molecule has 2 N–H and O–H groups in total. The van der Waals surface area contributed by atoms with Gasteiger partial charge in [-0.25, -0.2) is 4.98 Å². The van der Waals surface area contributed by atoms with E-state index in [0.29, 0.717) is 11.0 Å². The molecule has 0 amide bonds. The van der Waals surface area contributed by atoms with Crippen LogP contribution in [0, 0.1) is 0 Å². The molecule has 2 rings (SSSR count). The second-order valence-electron chi connectivity index (χ2n) is 4.14. The van der Waals surface area contributed by atoms with Crippen molar-refractivity contribution in [2.75, 3.05) is 7.11 Å². The zero-order valence-electron chi connectivity index (χ0n) is 11.1. The normalized spacial score (nSPS) is 13.1. The van der Waals surface area contributed by atoms with Crippen molar-refractivity contribution in [1.29, 1.82) is 0 Å². The first-order valence-electron chi connectivity index (χ1n) is 5.86. The van der Waals surface area contributed by atoms with Gasteiger partial charge in [0.2, 0.25) is 0 Å². The summed E-state index contributed by atoms with van der Waals surface area (Å²) in [5, 5.41) is 1.49. The minimum absolute atomic E-state index is 0.378. The number of aryl methyl sites for hydroxylation is 1. The van der Waals surface area contributed by atoms with Crippen molar-refractivity contribution in [3.63, 3.8) is 0 Å². The minimum atomic E-state index is 0.378. The van der Waals surface area contributed by atoms with Gasteiger partial charge in [-0.2, -0.15) is 0 Å².